The number of alkyl halides is 1. The SMILES string of the molecule is C=CCCC=CCCCI. The molecular formula is C9H15I. The highest BCUT2D eigenvalue weighted by Gasteiger charge is 1.78. The van der Waals surface area contributed by atoms with Crippen molar-refractivity contribution in [3.8, 4) is 0 Å². The molecule has 0 atom stereocenters. The van der Waals surface area contributed by atoms with Crippen LogP contribution in [0.4, 0.5) is 0 Å². The standard InChI is InChI=1S/C9H15I/c1-2-3-4-5-6-7-8-9-10/h2,5-6H,1,3-4,7-9H2. The van der Waals surface area contributed by atoms with Crippen molar-refractivity contribution in [3.05, 3.63) is 24.8 Å². The van der Waals surface area contributed by atoms with Crippen LogP contribution >= 0.6 is 22.6 Å². The fraction of sp³-hybridized carbons (Fsp3) is 0.556. The highest BCUT2D eigenvalue weighted by Crippen LogP contribution is 1.98. The van der Waals surface area contributed by atoms with Gasteiger partial charge in [0.25, 0.3) is 0 Å². The van der Waals surface area contributed by atoms with Crippen LogP contribution in [0.15, 0.2) is 24.8 Å². The predicted molar refractivity (Wildman–Crippen MR) is 56.7 cm³/mol. The summed E-state index contributed by atoms with van der Waals surface area (Å²) in [5.74, 6) is 0. The Labute approximate surface area is 77.5 Å². The molecule has 0 aliphatic carbocycles. The van der Waals surface area contributed by atoms with E-state index < -0.39 is 0 Å². The maximum Gasteiger partial charge on any atom is -0.000178 e. The van der Waals surface area contributed by atoms with Gasteiger partial charge in [-0.3, -0.25) is 0 Å². The smallest absolute Gasteiger partial charge is 0.000178 e. The first-order valence-electron chi connectivity index (χ1n) is 3.73. The summed E-state index contributed by atoms with van der Waals surface area (Å²) in [4.78, 5) is 0. The van der Waals surface area contributed by atoms with E-state index in [1.165, 1.54) is 17.3 Å². The van der Waals surface area contributed by atoms with Gasteiger partial charge in [0.05, 0.1) is 0 Å². The summed E-state index contributed by atoms with van der Waals surface area (Å²) in [6.07, 6.45) is 11.3. The Morgan fingerprint density at radius 2 is 1.80 bits per heavy atom. The summed E-state index contributed by atoms with van der Waals surface area (Å²) in [5, 5.41) is 0. The first kappa shape index (κ1) is 10.2. The summed E-state index contributed by atoms with van der Waals surface area (Å²) < 4.78 is 1.27. The molecule has 0 aromatic heterocycles. The first-order valence-corrected chi connectivity index (χ1v) is 5.26. The summed E-state index contributed by atoms with van der Waals surface area (Å²) in [6.45, 7) is 3.66. The second-order valence-electron chi connectivity index (χ2n) is 2.17. The zero-order chi connectivity index (χ0) is 7.66. The maximum atomic E-state index is 3.66. The zero-order valence-corrected chi connectivity index (χ0v) is 8.51. The van der Waals surface area contributed by atoms with Gasteiger partial charge in [0.1, 0.15) is 0 Å². The van der Waals surface area contributed by atoms with Gasteiger partial charge in [-0.15, -0.1) is 6.58 Å². The molecule has 58 valence electrons. The van der Waals surface area contributed by atoms with Crippen LogP contribution in [0.3, 0.4) is 0 Å². The topological polar surface area (TPSA) is 0 Å². The van der Waals surface area contributed by atoms with Crippen LogP contribution in [-0.2, 0) is 0 Å². The second kappa shape index (κ2) is 9.21. The van der Waals surface area contributed by atoms with Gasteiger partial charge in [0, 0.05) is 0 Å². The predicted octanol–water partition coefficient (Wildman–Crippen LogP) is 3.72. The Bertz CT molecular complexity index is 94.9. The van der Waals surface area contributed by atoms with Gasteiger partial charge < -0.3 is 0 Å². The van der Waals surface area contributed by atoms with E-state index in [1.54, 1.807) is 0 Å². The van der Waals surface area contributed by atoms with Gasteiger partial charge in [-0.25, -0.2) is 0 Å². The van der Waals surface area contributed by atoms with Crippen LogP contribution in [0.2, 0.25) is 0 Å². The molecule has 1 heteroatoms. The Kier molecular flexibility index (Phi) is 9.40. The summed E-state index contributed by atoms with van der Waals surface area (Å²) in [7, 11) is 0. The molecule has 0 radical (unpaired) electrons. The minimum Gasteiger partial charge on any atom is -0.103 e. The Balaban J connectivity index is 2.96. The van der Waals surface area contributed by atoms with Crippen molar-refractivity contribution < 1.29 is 0 Å². The van der Waals surface area contributed by atoms with E-state index in [1.807, 2.05) is 6.08 Å². The van der Waals surface area contributed by atoms with Crippen molar-refractivity contribution in [3.63, 3.8) is 0 Å². The van der Waals surface area contributed by atoms with Crippen LogP contribution in [0.5, 0.6) is 0 Å². The van der Waals surface area contributed by atoms with E-state index in [0.29, 0.717) is 0 Å². The maximum absolute atomic E-state index is 3.66. The van der Waals surface area contributed by atoms with Crippen molar-refractivity contribution in [1.82, 2.24) is 0 Å². The van der Waals surface area contributed by atoms with Crippen molar-refractivity contribution >= 4 is 22.6 Å². The van der Waals surface area contributed by atoms with Gasteiger partial charge in [-0.05, 0) is 30.1 Å². The zero-order valence-electron chi connectivity index (χ0n) is 6.35. The van der Waals surface area contributed by atoms with Gasteiger partial charge >= 0.3 is 0 Å². The van der Waals surface area contributed by atoms with E-state index in [0.717, 1.165) is 12.8 Å². The fourth-order valence-electron chi connectivity index (χ4n) is 0.645. The van der Waals surface area contributed by atoms with Crippen LogP contribution in [0.1, 0.15) is 25.7 Å². The van der Waals surface area contributed by atoms with E-state index >= 15 is 0 Å². The fourth-order valence-corrected chi connectivity index (χ4v) is 1.09. The van der Waals surface area contributed by atoms with Gasteiger partial charge in [0.15, 0.2) is 0 Å². The number of hydrogen-bond acceptors (Lipinski definition) is 0. The summed E-state index contributed by atoms with van der Waals surface area (Å²) in [6, 6.07) is 0. The largest absolute Gasteiger partial charge is 0.103 e. The molecule has 0 nitrogen and oxygen atoms in total. The molecule has 0 fully saturated rings. The molecule has 0 spiro atoms. The highest BCUT2D eigenvalue weighted by molar-refractivity contribution is 14.1. The van der Waals surface area contributed by atoms with Crippen LogP contribution in [-0.4, -0.2) is 4.43 Å². The number of unbranched alkanes of at least 4 members (excludes halogenated alkanes) is 2. The van der Waals surface area contributed by atoms with Gasteiger partial charge in [0.2, 0.25) is 0 Å². The second-order valence-corrected chi connectivity index (χ2v) is 3.25. The minimum atomic E-state index is 1.11. The lowest BCUT2D eigenvalue weighted by Gasteiger charge is -1.87. The Hall–Kier alpha value is 0.210. The molecule has 0 aliphatic heterocycles. The lowest BCUT2D eigenvalue weighted by molar-refractivity contribution is 0.966. The molecule has 0 heterocycles. The molecule has 0 aliphatic rings. The Morgan fingerprint density at radius 3 is 2.40 bits per heavy atom. The molecule has 0 saturated carbocycles. The van der Waals surface area contributed by atoms with Crippen molar-refractivity contribution in [2.45, 2.75) is 25.7 Å². The minimum absolute atomic E-state index is 1.11. The molecule has 0 amide bonds. The summed E-state index contributed by atoms with van der Waals surface area (Å²) in [5.41, 5.74) is 0. The number of rotatable bonds is 6. The number of allylic oxidation sites excluding steroid dienone is 3. The third-order valence-electron chi connectivity index (χ3n) is 1.21. The quantitative estimate of drug-likeness (QED) is 0.291. The third-order valence-corrected chi connectivity index (χ3v) is 1.97. The first-order chi connectivity index (χ1) is 4.91. The lowest BCUT2D eigenvalue weighted by atomic mass is 10.2. The van der Waals surface area contributed by atoms with Crippen molar-refractivity contribution in [2.24, 2.45) is 0 Å². The highest BCUT2D eigenvalue weighted by atomic mass is 127. The van der Waals surface area contributed by atoms with Crippen molar-refractivity contribution in [2.75, 3.05) is 4.43 Å². The lowest BCUT2D eigenvalue weighted by Crippen LogP contribution is -1.70. The van der Waals surface area contributed by atoms with Crippen molar-refractivity contribution in [1.29, 1.82) is 0 Å². The number of hydrogen-bond donors (Lipinski definition) is 0. The molecule has 0 rings (SSSR count). The van der Waals surface area contributed by atoms with Gasteiger partial charge in [-0.1, -0.05) is 40.8 Å². The van der Waals surface area contributed by atoms with E-state index in [-0.39, 0.29) is 0 Å². The van der Waals surface area contributed by atoms with E-state index in [4.69, 9.17) is 0 Å². The van der Waals surface area contributed by atoms with Crippen LogP contribution < -0.4 is 0 Å². The normalized spacial score (nSPS) is 10.5. The third kappa shape index (κ3) is 8.21. The molecule has 0 unspecified atom stereocenters. The number of halogens is 1. The van der Waals surface area contributed by atoms with E-state index in [9.17, 15) is 0 Å². The van der Waals surface area contributed by atoms with Crippen LogP contribution in [0, 0.1) is 0 Å². The molecular weight excluding hydrogens is 235 g/mol. The Morgan fingerprint density at radius 1 is 1.10 bits per heavy atom. The monoisotopic (exact) mass is 250 g/mol. The van der Waals surface area contributed by atoms with Gasteiger partial charge in [-0.2, -0.15) is 0 Å². The molecule has 0 aromatic rings. The van der Waals surface area contributed by atoms with Crippen LogP contribution in [0.25, 0.3) is 0 Å². The average molecular weight is 250 g/mol. The molecule has 10 heavy (non-hydrogen) atoms. The average Bonchev–Trinajstić information content (AvgIpc) is 1.97. The molecule has 0 bridgehead atoms. The van der Waals surface area contributed by atoms with E-state index in [2.05, 4.69) is 41.3 Å². The molecule has 0 saturated heterocycles. The molecule has 0 N–H and O–H groups in total. The molecule has 0 aromatic carbocycles. The summed E-state index contributed by atoms with van der Waals surface area (Å²) >= 11 is 2.41.